The van der Waals surface area contributed by atoms with Crippen LogP contribution in [-0.4, -0.2) is 25.1 Å². The van der Waals surface area contributed by atoms with E-state index in [0.717, 1.165) is 44.5 Å². The van der Waals surface area contributed by atoms with Crippen molar-refractivity contribution in [1.82, 2.24) is 5.32 Å². The molecule has 1 aliphatic rings. The predicted molar refractivity (Wildman–Crippen MR) is 91.7 cm³/mol. The zero-order chi connectivity index (χ0) is 15.1. The van der Waals surface area contributed by atoms with E-state index in [1.54, 1.807) is 0 Å². The van der Waals surface area contributed by atoms with Gasteiger partial charge in [0.2, 0.25) is 0 Å². The highest BCUT2D eigenvalue weighted by Crippen LogP contribution is 2.25. The second-order valence-electron chi connectivity index (χ2n) is 5.73. The number of unbranched alkanes of at least 4 members (excludes halogenated alkanes) is 1. The molecule has 0 radical (unpaired) electrons. The Morgan fingerprint density at radius 2 is 2.05 bits per heavy atom. The zero-order valence-electron chi connectivity index (χ0n) is 13.2. The number of carbonyl (C=O) groups is 1. The number of hydrogen-bond donors (Lipinski definition) is 2. The molecule has 1 aromatic rings. The number of benzene rings is 1. The molecule has 0 saturated heterocycles. The van der Waals surface area contributed by atoms with Crippen molar-refractivity contribution in [3.8, 4) is 5.75 Å². The Bertz CT molecular complexity index is 450. The molecule has 2 unspecified atom stereocenters. The van der Waals surface area contributed by atoms with Gasteiger partial charge in [-0.1, -0.05) is 19.8 Å². The summed E-state index contributed by atoms with van der Waals surface area (Å²) in [5, 5.41) is 3.11. The normalized spacial score (nSPS) is 20.3. The van der Waals surface area contributed by atoms with Crippen molar-refractivity contribution < 1.29 is 9.53 Å². The van der Waals surface area contributed by atoms with Crippen LogP contribution >= 0.6 is 12.4 Å². The lowest BCUT2D eigenvalue weighted by molar-refractivity contribution is 0.0928. The molecule has 1 fully saturated rings. The third-order valence-electron chi connectivity index (χ3n) is 4.16. The maximum atomic E-state index is 12.2. The number of nitrogens with two attached hydrogens (primary N) is 1. The Labute approximate surface area is 139 Å². The summed E-state index contributed by atoms with van der Waals surface area (Å²) >= 11 is 0. The van der Waals surface area contributed by atoms with Crippen molar-refractivity contribution >= 4 is 18.3 Å². The van der Waals surface area contributed by atoms with Crippen LogP contribution in [0.1, 0.15) is 49.4 Å². The third kappa shape index (κ3) is 5.18. The monoisotopic (exact) mass is 326 g/mol. The van der Waals surface area contributed by atoms with Gasteiger partial charge in [-0.3, -0.25) is 4.79 Å². The minimum atomic E-state index is -0.0135. The minimum Gasteiger partial charge on any atom is -0.494 e. The quantitative estimate of drug-likeness (QED) is 0.756. The van der Waals surface area contributed by atoms with E-state index in [1.807, 2.05) is 24.3 Å². The number of nitrogens with one attached hydrogen (secondary N) is 1. The molecule has 1 aliphatic carbocycles. The maximum Gasteiger partial charge on any atom is 0.251 e. The first-order valence-corrected chi connectivity index (χ1v) is 7.98. The van der Waals surface area contributed by atoms with Crippen LogP contribution in [0.3, 0.4) is 0 Å². The van der Waals surface area contributed by atoms with Gasteiger partial charge in [0.25, 0.3) is 5.91 Å². The lowest BCUT2D eigenvalue weighted by Crippen LogP contribution is -2.39. The summed E-state index contributed by atoms with van der Waals surface area (Å²) in [5.41, 5.74) is 6.43. The summed E-state index contributed by atoms with van der Waals surface area (Å²) in [7, 11) is 0. The minimum absolute atomic E-state index is 0. The molecule has 0 aromatic heterocycles. The first-order chi connectivity index (χ1) is 10.2. The Balaban J connectivity index is 0.00000242. The largest absolute Gasteiger partial charge is 0.494 e. The van der Waals surface area contributed by atoms with Crippen LogP contribution in [-0.2, 0) is 0 Å². The van der Waals surface area contributed by atoms with Crippen molar-refractivity contribution in [3.63, 3.8) is 0 Å². The molecular formula is C17H27ClN2O2. The second kappa shape index (κ2) is 9.70. The topological polar surface area (TPSA) is 64.3 Å². The SMILES string of the molecule is CCCCOc1ccc(C(=O)NC2CCCC2CN)cc1.Cl. The van der Waals surface area contributed by atoms with Crippen LogP contribution in [0.5, 0.6) is 5.75 Å². The summed E-state index contributed by atoms with van der Waals surface area (Å²) in [6.07, 6.45) is 5.46. The molecule has 0 bridgehead atoms. The van der Waals surface area contributed by atoms with Crippen LogP contribution in [0, 0.1) is 5.92 Å². The summed E-state index contributed by atoms with van der Waals surface area (Å²) in [6, 6.07) is 7.59. The summed E-state index contributed by atoms with van der Waals surface area (Å²) in [5.74, 6) is 1.23. The van der Waals surface area contributed by atoms with Gasteiger partial charge in [-0.2, -0.15) is 0 Å². The standard InChI is InChI=1S/C17H26N2O2.ClH/c1-2-3-11-21-15-9-7-13(8-10-15)17(20)19-16-6-4-5-14(16)12-18;/h7-10,14,16H,2-6,11-12,18H2,1H3,(H,19,20);1H. The van der Waals surface area contributed by atoms with Crippen LogP contribution in [0.2, 0.25) is 0 Å². The third-order valence-corrected chi connectivity index (χ3v) is 4.16. The van der Waals surface area contributed by atoms with Crippen molar-refractivity contribution in [2.75, 3.05) is 13.2 Å². The van der Waals surface area contributed by atoms with Gasteiger partial charge in [-0.25, -0.2) is 0 Å². The smallest absolute Gasteiger partial charge is 0.251 e. The van der Waals surface area contributed by atoms with Gasteiger partial charge >= 0.3 is 0 Å². The lowest BCUT2D eigenvalue weighted by Gasteiger charge is -2.19. The van der Waals surface area contributed by atoms with Crippen molar-refractivity contribution in [3.05, 3.63) is 29.8 Å². The molecule has 1 saturated carbocycles. The average molecular weight is 327 g/mol. The molecule has 3 N–H and O–H groups in total. The number of amides is 1. The first kappa shape index (κ1) is 18.8. The molecule has 0 spiro atoms. The number of rotatable bonds is 7. The molecule has 1 amide bonds. The van der Waals surface area contributed by atoms with Crippen LogP contribution < -0.4 is 15.8 Å². The molecular weight excluding hydrogens is 300 g/mol. The van der Waals surface area contributed by atoms with Gasteiger partial charge in [0.15, 0.2) is 0 Å². The Morgan fingerprint density at radius 1 is 1.32 bits per heavy atom. The van der Waals surface area contributed by atoms with E-state index < -0.39 is 0 Å². The van der Waals surface area contributed by atoms with Gasteiger partial charge in [-0.15, -0.1) is 12.4 Å². The average Bonchev–Trinajstić information content (AvgIpc) is 2.95. The van der Waals surface area contributed by atoms with Gasteiger partial charge < -0.3 is 15.8 Å². The van der Waals surface area contributed by atoms with E-state index in [0.29, 0.717) is 18.0 Å². The van der Waals surface area contributed by atoms with Crippen LogP contribution in [0.4, 0.5) is 0 Å². The highest BCUT2D eigenvalue weighted by Gasteiger charge is 2.27. The molecule has 2 rings (SSSR count). The fourth-order valence-electron chi connectivity index (χ4n) is 2.80. The molecule has 5 heteroatoms. The van der Waals surface area contributed by atoms with Gasteiger partial charge in [-0.05, 0) is 56.0 Å². The molecule has 2 atom stereocenters. The first-order valence-electron chi connectivity index (χ1n) is 7.98. The number of halogens is 1. The van der Waals surface area contributed by atoms with E-state index in [2.05, 4.69) is 12.2 Å². The highest BCUT2D eigenvalue weighted by atomic mass is 35.5. The van der Waals surface area contributed by atoms with Gasteiger partial charge in [0.05, 0.1) is 6.61 Å². The van der Waals surface area contributed by atoms with Gasteiger partial charge in [0.1, 0.15) is 5.75 Å². The molecule has 124 valence electrons. The van der Waals surface area contributed by atoms with Crippen molar-refractivity contribution in [2.24, 2.45) is 11.7 Å². The predicted octanol–water partition coefficient (Wildman–Crippen LogP) is 3.14. The number of carbonyl (C=O) groups excluding carboxylic acids is 1. The zero-order valence-corrected chi connectivity index (χ0v) is 14.0. The summed E-state index contributed by atoms with van der Waals surface area (Å²) in [4.78, 5) is 12.2. The Hall–Kier alpha value is -1.26. The van der Waals surface area contributed by atoms with E-state index in [-0.39, 0.29) is 24.4 Å². The summed E-state index contributed by atoms with van der Waals surface area (Å²) < 4.78 is 5.60. The molecule has 22 heavy (non-hydrogen) atoms. The Kier molecular flexibility index (Phi) is 8.28. The van der Waals surface area contributed by atoms with Gasteiger partial charge in [0, 0.05) is 11.6 Å². The molecule has 1 aromatic carbocycles. The van der Waals surface area contributed by atoms with E-state index in [9.17, 15) is 4.79 Å². The molecule has 4 nitrogen and oxygen atoms in total. The summed E-state index contributed by atoms with van der Waals surface area (Å²) in [6.45, 7) is 3.51. The van der Waals surface area contributed by atoms with Crippen LogP contribution in [0.15, 0.2) is 24.3 Å². The second-order valence-corrected chi connectivity index (χ2v) is 5.73. The fourth-order valence-corrected chi connectivity index (χ4v) is 2.80. The molecule has 0 heterocycles. The Morgan fingerprint density at radius 3 is 2.68 bits per heavy atom. The molecule has 0 aliphatic heterocycles. The van der Waals surface area contributed by atoms with Crippen LogP contribution in [0.25, 0.3) is 0 Å². The fraction of sp³-hybridized carbons (Fsp3) is 0.588. The highest BCUT2D eigenvalue weighted by molar-refractivity contribution is 5.94. The van der Waals surface area contributed by atoms with Crippen molar-refractivity contribution in [1.29, 1.82) is 0 Å². The van der Waals surface area contributed by atoms with E-state index in [4.69, 9.17) is 10.5 Å². The lowest BCUT2D eigenvalue weighted by atomic mass is 10.0. The van der Waals surface area contributed by atoms with E-state index >= 15 is 0 Å². The number of ether oxygens (including phenoxy) is 1. The van der Waals surface area contributed by atoms with E-state index in [1.165, 1.54) is 0 Å². The number of hydrogen-bond acceptors (Lipinski definition) is 3. The van der Waals surface area contributed by atoms with Crippen molar-refractivity contribution in [2.45, 2.75) is 45.1 Å². The maximum absolute atomic E-state index is 12.2.